The molecule has 0 spiro atoms. The zero-order chi connectivity index (χ0) is 18.7. The molecule has 1 amide bonds. The number of amides is 1. The summed E-state index contributed by atoms with van der Waals surface area (Å²) in [5.41, 5.74) is 0. The van der Waals surface area contributed by atoms with Gasteiger partial charge in [-0.05, 0) is 64.1 Å². The van der Waals surface area contributed by atoms with Crippen LogP contribution in [0.25, 0.3) is 0 Å². The Hall–Kier alpha value is -0.810. The molecule has 1 rings (SSSR count). The van der Waals surface area contributed by atoms with Gasteiger partial charge in [0.25, 0.3) is 0 Å². The summed E-state index contributed by atoms with van der Waals surface area (Å²) in [5.74, 6) is 0.378. The van der Waals surface area contributed by atoms with Crippen LogP contribution in [0.2, 0.25) is 0 Å². The molecule has 0 aromatic rings. The molecule has 0 heterocycles. The van der Waals surface area contributed by atoms with Gasteiger partial charge in [-0.15, -0.1) is 0 Å². The van der Waals surface area contributed by atoms with E-state index in [0.717, 1.165) is 51.8 Å². The topological polar surface area (TPSA) is 42.0 Å². The largest absolute Gasteiger partial charge is 0.449 e. The van der Waals surface area contributed by atoms with Crippen LogP contribution in [0, 0.1) is 5.92 Å². The van der Waals surface area contributed by atoms with Crippen molar-refractivity contribution in [3.8, 4) is 0 Å². The van der Waals surface area contributed by atoms with Gasteiger partial charge in [-0.25, -0.2) is 4.79 Å². The Kier molecular flexibility index (Phi) is 11.1. The Morgan fingerprint density at radius 1 is 1.08 bits per heavy atom. The first kappa shape index (κ1) is 22.2. The fraction of sp³-hybridized carbons (Fsp3) is 0.950. The molecule has 0 saturated heterocycles. The van der Waals surface area contributed by atoms with Crippen molar-refractivity contribution in [1.82, 2.24) is 9.80 Å². The van der Waals surface area contributed by atoms with E-state index >= 15 is 0 Å². The van der Waals surface area contributed by atoms with Gasteiger partial charge in [0.05, 0.1) is 12.7 Å². The van der Waals surface area contributed by atoms with E-state index in [1.54, 1.807) is 4.90 Å². The highest BCUT2D eigenvalue weighted by Gasteiger charge is 2.27. The fourth-order valence-corrected chi connectivity index (χ4v) is 3.32. The molecule has 25 heavy (non-hydrogen) atoms. The van der Waals surface area contributed by atoms with Crippen LogP contribution >= 0.6 is 0 Å². The standard InChI is InChI=1S/C20H40N2O3/c1-6-22(7-2)14-8-9-15-24-19-12-10-18(11-13-19)21(5)20(23)25-16-17(3)4/h17-19H,6-16H2,1-5H3. The van der Waals surface area contributed by atoms with Crippen molar-refractivity contribution in [3.05, 3.63) is 0 Å². The Labute approximate surface area is 155 Å². The number of hydrogen-bond donors (Lipinski definition) is 0. The number of nitrogens with zero attached hydrogens (tertiary/aromatic N) is 2. The van der Waals surface area contributed by atoms with E-state index in [1.165, 1.54) is 13.0 Å². The Balaban J connectivity index is 2.13. The van der Waals surface area contributed by atoms with Crippen LogP contribution in [0.3, 0.4) is 0 Å². The monoisotopic (exact) mass is 356 g/mol. The maximum absolute atomic E-state index is 12.0. The molecular formula is C20H40N2O3. The highest BCUT2D eigenvalue weighted by Crippen LogP contribution is 2.25. The molecule has 5 nitrogen and oxygen atoms in total. The third-order valence-electron chi connectivity index (χ3n) is 5.14. The molecule has 5 heteroatoms. The minimum Gasteiger partial charge on any atom is -0.449 e. The summed E-state index contributed by atoms with van der Waals surface area (Å²) in [6, 6.07) is 0.294. The van der Waals surface area contributed by atoms with Gasteiger partial charge in [-0.1, -0.05) is 27.7 Å². The lowest BCUT2D eigenvalue weighted by molar-refractivity contribution is 0.00640. The summed E-state index contributed by atoms with van der Waals surface area (Å²) in [6.07, 6.45) is 6.64. The van der Waals surface area contributed by atoms with Crippen LogP contribution in [-0.4, -0.2) is 67.9 Å². The van der Waals surface area contributed by atoms with Gasteiger partial charge >= 0.3 is 6.09 Å². The van der Waals surface area contributed by atoms with Gasteiger partial charge in [0, 0.05) is 19.7 Å². The molecule has 1 aliphatic carbocycles. The number of ether oxygens (including phenoxy) is 2. The molecule has 0 aliphatic heterocycles. The van der Waals surface area contributed by atoms with Crippen LogP contribution in [0.1, 0.15) is 66.2 Å². The molecular weight excluding hydrogens is 316 g/mol. The third-order valence-corrected chi connectivity index (χ3v) is 5.14. The minimum atomic E-state index is -0.186. The Bertz CT molecular complexity index is 351. The minimum absolute atomic E-state index is 0.186. The van der Waals surface area contributed by atoms with Crippen LogP contribution in [0.4, 0.5) is 4.79 Å². The zero-order valence-corrected chi connectivity index (χ0v) is 17.1. The first-order valence-corrected chi connectivity index (χ1v) is 10.2. The molecule has 0 unspecified atom stereocenters. The molecule has 0 aromatic heterocycles. The lowest BCUT2D eigenvalue weighted by Crippen LogP contribution is -2.41. The second-order valence-corrected chi connectivity index (χ2v) is 7.62. The summed E-state index contributed by atoms with van der Waals surface area (Å²) < 4.78 is 11.4. The Morgan fingerprint density at radius 3 is 2.28 bits per heavy atom. The van der Waals surface area contributed by atoms with Crippen LogP contribution in [-0.2, 0) is 9.47 Å². The highest BCUT2D eigenvalue weighted by atomic mass is 16.6. The van der Waals surface area contributed by atoms with Gasteiger partial charge in [-0.3, -0.25) is 0 Å². The van der Waals surface area contributed by atoms with E-state index < -0.39 is 0 Å². The Morgan fingerprint density at radius 2 is 1.72 bits per heavy atom. The molecule has 1 saturated carbocycles. The molecule has 1 fully saturated rings. The SMILES string of the molecule is CCN(CC)CCCCOC1CCC(N(C)C(=O)OCC(C)C)CC1. The summed E-state index contributed by atoms with van der Waals surface area (Å²) in [6.45, 7) is 13.3. The van der Waals surface area contributed by atoms with Crippen molar-refractivity contribution in [2.45, 2.75) is 78.4 Å². The predicted molar refractivity (Wildman–Crippen MR) is 103 cm³/mol. The average Bonchev–Trinajstić information content (AvgIpc) is 2.62. The van der Waals surface area contributed by atoms with Gasteiger partial charge < -0.3 is 19.3 Å². The highest BCUT2D eigenvalue weighted by molar-refractivity contribution is 5.67. The summed E-state index contributed by atoms with van der Waals surface area (Å²) in [7, 11) is 1.86. The fourth-order valence-electron chi connectivity index (χ4n) is 3.32. The molecule has 148 valence electrons. The van der Waals surface area contributed by atoms with Crippen molar-refractivity contribution < 1.29 is 14.3 Å². The number of carbonyl (C=O) groups excluding carboxylic acids is 1. The van der Waals surface area contributed by atoms with Gasteiger partial charge in [-0.2, -0.15) is 0 Å². The lowest BCUT2D eigenvalue weighted by atomic mass is 9.92. The van der Waals surface area contributed by atoms with Gasteiger partial charge in [0.1, 0.15) is 0 Å². The van der Waals surface area contributed by atoms with E-state index in [2.05, 4.69) is 32.6 Å². The van der Waals surface area contributed by atoms with E-state index in [4.69, 9.17) is 9.47 Å². The molecule has 0 N–H and O–H groups in total. The zero-order valence-electron chi connectivity index (χ0n) is 17.1. The number of unbranched alkanes of at least 4 members (excludes halogenated alkanes) is 1. The summed E-state index contributed by atoms with van der Waals surface area (Å²) >= 11 is 0. The maximum Gasteiger partial charge on any atom is 0.409 e. The molecule has 0 radical (unpaired) electrons. The summed E-state index contributed by atoms with van der Waals surface area (Å²) in [4.78, 5) is 16.3. The first-order chi connectivity index (χ1) is 12.0. The number of carbonyl (C=O) groups is 1. The van der Waals surface area contributed by atoms with Crippen molar-refractivity contribution in [3.63, 3.8) is 0 Å². The predicted octanol–water partition coefficient (Wildman–Crippen LogP) is 4.16. The van der Waals surface area contributed by atoms with E-state index in [-0.39, 0.29) is 6.09 Å². The van der Waals surface area contributed by atoms with Gasteiger partial charge in [0.15, 0.2) is 0 Å². The van der Waals surface area contributed by atoms with Crippen molar-refractivity contribution >= 4 is 6.09 Å². The van der Waals surface area contributed by atoms with Crippen LogP contribution in [0.15, 0.2) is 0 Å². The molecule has 0 aromatic carbocycles. The second-order valence-electron chi connectivity index (χ2n) is 7.62. The molecule has 0 bridgehead atoms. The van der Waals surface area contributed by atoms with Crippen molar-refractivity contribution in [2.75, 3.05) is 39.9 Å². The lowest BCUT2D eigenvalue weighted by Gasteiger charge is -2.34. The van der Waals surface area contributed by atoms with E-state index in [1.807, 2.05) is 7.05 Å². The van der Waals surface area contributed by atoms with Crippen LogP contribution < -0.4 is 0 Å². The normalized spacial score (nSPS) is 20.9. The van der Waals surface area contributed by atoms with Crippen LogP contribution in [0.5, 0.6) is 0 Å². The smallest absolute Gasteiger partial charge is 0.409 e. The first-order valence-electron chi connectivity index (χ1n) is 10.2. The maximum atomic E-state index is 12.0. The third kappa shape index (κ3) is 8.91. The average molecular weight is 357 g/mol. The quantitative estimate of drug-likeness (QED) is 0.521. The summed E-state index contributed by atoms with van der Waals surface area (Å²) in [5, 5.41) is 0. The second kappa shape index (κ2) is 12.5. The number of rotatable bonds is 11. The van der Waals surface area contributed by atoms with Crippen molar-refractivity contribution in [2.24, 2.45) is 5.92 Å². The van der Waals surface area contributed by atoms with Crippen molar-refractivity contribution in [1.29, 1.82) is 0 Å². The molecule has 1 aliphatic rings. The van der Waals surface area contributed by atoms with E-state index in [9.17, 15) is 4.79 Å². The molecule has 0 atom stereocenters. The number of hydrogen-bond acceptors (Lipinski definition) is 4. The van der Waals surface area contributed by atoms with E-state index in [0.29, 0.717) is 24.7 Å². The van der Waals surface area contributed by atoms with Gasteiger partial charge in [0.2, 0.25) is 0 Å².